The Hall–Kier alpha value is -0.300. The van der Waals surface area contributed by atoms with Crippen LogP contribution in [-0.2, 0) is 0 Å². The first-order chi connectivity index (χ1) is 5.84. The number of rotatable bonds is 0. The average molecular weight is 164 g/mol. The summed E-state index contributed by atoms with van der Waals surface area (Å²) in [5, 5.41) is 9.60. The van der Waals surface area contributed by atoms with Crippen LogP contribution in [0.1, 0.15) is 25.7 Å². The van der Waals surface area contributed by atoms with Gasteiger partial charge in [-0.25, -0.2) is 0 Å². The molecule has 2 saturated carbocycles. The van der Waals surface area contributed by atoms with Crippen molar-refractivity contribution in [1.82, 2.24) is 0 Å². The van der Waals surface area contributed by atoms with Gasteiger partial charge in [0.1, 0.15) is 0 Å². The van der Waals surface area contributed by atoms with Crippen LogP contribution in [0.15, 0.2) is 12.2 Å². The minimum absolute atomic E-state index is 0.0167. The molecule has 4 aliphatic rings. The van der Waals surface area contributed by atoms with E-state index in [1.54, 1.807) is 0 Å². The highest BCUT2D eigenvalue weighted by Gasteiger charge is 2.45. The fourth-order valence-corrected chi connectivity index (χ4v) is 3.64. The van der Waals surface area contributed by atoms with Gasteiger partial charge < -0.3 is 5.11 Å². The number of hydrogen-bond acceptors (Lipinski definition) is 1. The predicted octanol–water partition coefficient (Wildman–Crippen LogP) is 1.97. The van der Waals surface area contributed by atoms with Crippen molar-refractivity contribution in [3.63, 3.8) is 0 Å². The lowest BCUT2D eigenvalue weighted by Gasteiger charge is -2.41. The van der Waals surface area contributed by atoms with Gasteiger partial charge in [-0.15, -0.1) is 0 Å². The van der Waals surface area contributed by atoms with E-state index in [1.165, 1.54) is 12.8 Å². The van der Waals surface area contributed by atoms with Gasteiger partial charge in [0, 0.05) is 0 Å². The van der Waals surface area contributed by atoms with E-state index in [0.717, 1.165) is 36.5 Å². The number of aliphatic hydroxyl groups is 1. The molecule has 12 heavy (non-hydrogen) atoms. The second-order valence-electron chi connectivity index (χ2n) is 4.74. The molecular weight excluding hydrogens is 148 g/mol. The summed E-state index contributed by atoms with van der Waals surface area (Å²) >= 11 is 0. The van der Waals surface area contributed by atoms with Crippen molar-refractivity contribution in [3.05, 3.63) is 12.2 Å². The number of aliphatic hydroxyl groups excluding tert-OH is 1. The standard InChI is InChI=1S/C11H16O/c12-9-5-10-7-1-2-8(4-3-7)11(10)6-9/h1-2,7-12H,3-6H2/t7-,8+,9?,10-,11+. The molecule has 1 unspecified atom stereocenters. The summed E-state index contributed by atoms with van der Waals surface area (Å²) in [7, 11) is 0. The Balaban J connectivity index is 1.92. The first-order valence-electron chi connectivity index (χ1n) is 5.21. The fourth-order valence-electron chi connectivity index (χ4n) is 3.64. The van der Waals surface area contributed by atoms with Crippen LogP contribution >= 0.6 is 0 Å². The molecule has 2 fully saturated rings. The van der Waals surface area contributed by atoms with Crippen molar-refractivity contribution in [3.8, 4) is 0 Å². The Labute approximate surface area is 73.5 Å². The molecule has 66 valence electrons. The van der Waals surface area contributed by atoms with Gasteiger partial charge in [0.2, 0.25) is 0 Å². The summed E-state index contributed by atoms with van der Waals surface area (Å²) in [6, 6.07) is 0. The maximum Gasteiger partial charge on any atom is 0.0546 e. The van der Waals surface area contributed by atoms with Gasteiger partial charge in [-0.05, 0) is 49.4 Å². The lowest BCUT2D eigenvalue weighted by molar-refractivity contribution is 0.152. The van der Waals surface area contributed by atoms with Gasteiger partial charge in [0.05, 0.1) is 6.10 Å². The fraction of sp³-hybridized carbons (Fsp3) is 0.818. The zero-order valence-electron chi connectivity index (χ0n) is 7.32. The normalized spacial score (nSPS) is 55.9. The average Bonchev–Trinajstić information content (AvgIpc) is 2.49. The van der Waals surface area contributed by atoms with Gasteiger partial charge in [0.15, 0.2) is 0 Å². The molecule has 1 nitrogen and oxygen atoms in total. The Morgan fingerprint density at radius 2 is 1.42 bits per heavy atom. The van der Waals surface area contributed by atoms with Crippen LogP contribution in [0.2, 0.25) is 0 Å². The van der Waals surface area contributed by atoms with Crippen LogP contribution in [0, 0.1) is 23.7 Å². The highest BCUT2D eigenvalue weighted by molar-refractivity contribution is 5.12. The molecule has 4 aliphatic carbocycles. The van der Waals surface area contributed by atoms with Gasteiger partial charge >= 0.3 is 0 Å². The van der Waals surface area contributed by atoms with Gasteiger partial charge in [-0.2, -0.15) is 0 Å². The quantitative estimate of drug-likeness (QED) is 0.543. The third-order valence-corrected chi connectivity index (χ3v) is 4.18. The summed E-state index contributed by atoms with van der Waals surface area (Å²) < 4.78 is 0. The molecular formula is C11H16O. The van der Waals surface area contributed by atoms with E-state index in [-0.39, 0.29) is 6.10 Å². The Kier molecular flexibility index (Phi) is 1.40. The second kappa shape index (κ2) is 2.35. The van der Waals surface area contributed by atoms with Gasteiger partial charge in [-0.1, -0.05) is 12.2 Å². The third-order valence-electron chi connectivity index (χ3n) is 4.18. The van der Waals surface area contributed by atoms with E-state index in [2.05, 4.69) is 12.2 Å². The molecule has 0 radical (unpaired) electrons. The van der Waals surface area contributed by atoms with Crippen molar-refractivity contribution in [2.75, 3.05) is 0 Å². The van der Waals surface area contributed by atoms with Crippen molar-refractivity contribution in [2.24, 2.45) is 23.7 Å². The van der Waals surface area contributed by atoms with Crippen molar-refractivity contribution in [1.29, 1.82) is 0 Å². The van der Waals surface area contributed by atoms with E-state index in [0.29, 0.717) is 0 Å². The van der Waals surface area contributed by atoms with Crippen LogP contribution in [0.5, 0.6) is 0 Å². The highest BCUT2D eigenvalue weighted by Crippen LogP contribution is 2.52. The summed E-state index contributed by atoms with van der Waals surface area (Å²) in [6.45, 7) is 0. The minimum Gasteiger partial charge on any atom is -0.393 e. The number of fused-ring (bicyclic) bond motifs is 1. The largest absolute Gasteiger partial charge is 0.393 e. The third kappa shape index (κ3) is 0.832. The summed E-state index contributed by atoms with van der Waals surface area (Å²) in [4.78, 5) is 0. The van der Waals surface area contributed by atoms with Crippen molar-refractivity contribution < 1.29 is 5.11 Å². The molecule has 5 atom stereocenters. The maximum absolute atomic E-state index is 9.60. The molecule has 0 spiro atoms. The van der Waals surface area contributed by atoms with E-state index < -0.39 is 0 Å². The second-order valence-corrected chi connectivity index (χ2v) is 4.74. The smallest absolute Gasteiger partial charge is 0.0546 e. The van der Waals surface area contributed by atoms with E-state index in [4.69, 9.17) is 0 Å². The molecule has 0 aliphatic heterocycles. The summed E-state index contributed by atoms with van der Waals surface area (Å²) in [6.07, 6.45) is 9.76. The van der Waals surface area contributed by atoms with Crippen LogP contribution in [-0.4, -0.2) is 11.2 Å². The van der Waals surface area contributed by atoms with E-state index in [1.807, 2.05) is 0 Å². The van der Waals surface area contributed by atoms with Crippen molar-refractivity contribution in [2.45, 2.75) is 31.8 Å². The number of allylic oxidation sites excluding steroid dienone is 2. The van der Waals surface area contributed by atoms with Crippen molar-refractivity contribution >= 4 is 0 Å². The Morgan fingerprint density at radius 3 is 1.83 bits per heavy atom. The van der Waals surface area contributed by atoms with Crippen LogP contribution in [0.3, 0.4) is 0 Å². The predicted molar refractivity (Wildman–Crippen MR) is 47.6 cm³/mol. The molecule has 1 N–H and O–H groups in total. The molecule has 0 aromatic heterocycles. The molecule has 0 saturated heterocycles. The van der Waals surface area contributed by atoms with Crippen LogP contribution in [0.25, 0.3) is 0 Å². The Bertz CT molecular complexity index is 199. The molecule has 0 aromatic rings. The van der Waals surface area contributed by atoms with E-state index >= 15 is 0 Å². The lowest BCUT2D eigenvalue weighted by atomic mass is 9.64. The SMILES string of the molecule is OC1C[C@@H]2[C@H](C1)[C@@H]1C=C[C@H]2CC1. The molecule has 0 amide bonds. The van der Waals surface area contributed by atoms with Crippen LogP contribution < -0.4 is 0 Å². The number of hydrogen-bond donors (Lipinski definition) is 1. The summed E-state index contributed by atoms with van der Waals surface area (Å²) in [5.41, 5.74) is 0. The first-order valence-corrected chi connectivity index (χ1v) is 5.21. The molecule has 0 aromatic carbocycles. The van der Waals surface area contributed by atoms with E-state index in [9.17, 15) is 5.11 Å². The molecule has 2 bridgehead atoms. The highest BCUT2D eigenvalue weighted by atomic mass is 16.3. The minimum atomic E-state index is 0.0167. The first kappa shape index (κ1) is 7.14. The molecule has 4 rings (SSSR count). The zero-order valence-corrected chi connectivity index (χ0v) is 7.32. The maximum atomic E-state index is 9.60. The zero-order chi connectivity index (χ0) is 8.13. The van der Waals surface area contributed by atoms with Crippen LogP contribution in [0.4, 0.5) is 0 Å². The topological polar surface area (TPSA) is 20.2 Å². The van der Waals surface area contributed by atoms with Gasteiger partial charge in [-0.3, -0.25) is 0 Å². The molecule has 0 heterocycles. The van der Waals surface area contributed by atoms with Gasteiger partial charge in [0.25, 0.3) is 0 Å². The summed E-state index contributed by atoms with van der Waals surface area (Å²) in [5.74, 6) is 3.31. The lowest BCUT2D eigenvalue weighted by Crippen LogP contribution is -2.33. The molecule has 1 heteroatoms. The Morgan fingerprint density at radius 1 is 0.917 bits per heavy atom. The monoisotopic (exact) mass is 164 g/mol.